The number of carbonyl (C=O) groups excluding carboxylic acids is 1. The standard InChI is InChI=1S/C24H25N3O2/c1-29-24-11-5-19(16-21(24)17-26-13-2-3-14-26)4-10-23(28)20-6-8-22(9-7-20)27-15-12-25-18-27/h4-12,15-16,18H,2-3,13-14,17H2,1H3/b10-4+. The number of likely N-dealkylation sites (tertiary alicyclic amines) is 1. The van der Waals surface area contributed by atoms with E-state index in [9.17, 15) is 4.79 Å². The molecule has 1 aliphatic rings. The van der Waals surface area contributed by atoms with Crippen LogP contribution in [-0.4, -0.2) is 40.4 Å². The summed E-state index contributed by atoms with van der Waals surface area (Å²) in [6.45, 7) is 3.15. The number of aromatic nitrogens is 2. The van der Waals surface area contributed by atoms with Gasteiger partial charge in [0.05, 0.1) is 13.4 Å². The van der Waals surface area contributed by atoms with Crippen LogP contribution < -0.4 is 4.74 Å². The van der Waals surface area contributed by atoms with E-state index in [1.807, 2.05) is 53.2 Å². The molecule has 5 heteroatoms. The SMILES string of the molecule is COc1ccc(/C=C/C(=O)c2ccc(-n3ccnc3)cc2)cc1CN1CCCC1. The molecule has 1 fully saturated rings. The molecule has 0 atom stereocenters. The second-order valence-corrected chi connectivity index (χ2v) is 7.27. The number of hydrogen-bond acceptors (Lipinski definition) is 4. The number of rotatable bonds is 7. The highest BCUT2D eigenvalue weighted by Crippen LogP contribution is 2.24. The van der Waals surface area contributed by atoms with E-state index in [0.29, 0.717) is 5.56 Å². The lowest BCUT2D eigenvalue weighted by molar-refractivity contribution is 0.104. The largest absolute Gasteiger partial charge is 0.496 e. The number of imidazole rings is 1. The minimum atomic E-state index is -0.0147. The van der Waals surface area contributed by atoms with Crippen molar-refractivity contribution in [3.8, 4) is 11.4 Å². The minimum Gasteiger partial charge on any atom is -0.496 e. The van der Waals surface area contributed by atoms with E-state index in [0.717, 1.165) is 42.2 Å². The zero-order valence-corrected chi connectivity index (χ0v) is 16.6. The summed E-state index contributed by atoms with van der Waals surface area (Å²) < 4.78 is 7.43. The molecule has 0 bridgehead atoms. The molecule has 2 heterocycles. The lowest BCUT2D eigenvalue weighted by Crippen LogP contribution is -2.18. The first-order chi connectivity index (χ1) is 14.2. The number of methoxy groups -OCH3 is 1. The molecule has 0 aliphatic carbocycles. The Morgan fingerprint density at radius 2 is 1.93 bits per heavy atom. The van der Waals surface area contributed by atoms with Crippen molar-refractivity contribution in [1.82, 2.24) is 14.5 Å². The number of allylic oxidation sites excluding steroid dienone is 1. The normalized spacial score (nSPS) is 14.5. The Morgan fingerprint density at radius 3 is 2.62 bits per heavy atom. The van der Waals surface area contributed by atoms with Gasteiger partial charge in [0.1, 0.15) is 5.75 Å². The van der Waals surface area contributed by atoms with Crippen molar-refractivity contribution in [2.24, 2.45) is 0 Å². The fourth-order valence-corrected chi connectivity index (χ4v) is 3.69. The Labute approximate surface area is 171 Å². The number of ketones is 1. The van der Waals surface area contributed by atoms with Crippen molar-refractivity contribution >= 4 is 11.9 Å². The third-order valence-electron chi connectivity index (χ3n) is 5.28. The molecule has 0 spiro atoms. The third kappa shape index (κ3) is 4.63. The van der Waals surface area contributed by atoms with Crippen molar-refractivity contribution in [3.05, 3.63) is 84.0 Å². The Balaban J connectivity index is 1.47. The van der Waals surface area contributed by atoms with Gasteiger partial charge in [0.2, 0.25) is 0 Å². The smallest absolute Gasteiger partial charge is 0.185 e. The molecular formula is C24H25N3O2. The van der Waals surface area contributed by atoms with E-state index in [1.165, 1.54) is 12.8 Å². The van der Waals surface area contributed by atoms with Crippen molar-refractivity contribution in [2.75, 3.05) is 20.2 Å². The van der Waals surface area contributed by atoms with Crippen molar-refractivity contribution in [2.45, 2.75) is 19.4 Å². The van der Waals surface area contributed by atoms with Gasteiger partial charge in [-0.25, -0.2) is 4.98 Å². The molecule has 5 nitrogen and oxygen atoms in total. The van der Waals surface area contributed by atoms with Crippen molar-refractivity contribution < 1.29 is 9.53 Å². The van der Waals surface area contributed by atoms with Gasteiger partial charge >= 0.3 is 0 Å². The summed E-state index contributed by atoms with van der Waals surface area (Å²) in [5.74, 6) is 0.884. The molecule has 2 aromatic carbocycles. The zero-order valence-electron chi connectivity index (χ0n) is 16.6. The average Bonchev–Trinajstić information content (AvgIpc) is 3.47. The maximum Gasteiger partial charge on any atom is 0.185 e. The zero-order chi connectivity index (χ0) is 20.1. The Bertz CT molecular complexity index is 985. The predicted molar refractivity (Wildman–Crippen MR) is 114 cm³/mol. The van der Waals surface area contributed by atoms with Gasteiger partial charge in [-0.2, -0.15) is 0 Å². The van der Waals surface area contributed by atoms with Gasteiger partial charge < -0.3 is 9.30 Å². The molecule has 0 unspecified atom stereocenters. The average molecular weight is 387 g/mol. The van der Waals surface area contributed by atoms with Gasteiger partial charge in [0, 0.05) is 35.8 Å². The first-order valence-electron chi connectivity index (χ1n) is 9.93. The van der Waals surface area contributed by atoms with Crippen LogP contribution in [0.4, 0.5) is 0 Å². The Morgan fingerprint density at radius 1 is 1.14 bits per heavy atom. The van der Waals surface area contributed by atoms with Crippen LogP contribution in [0.3, 0.4) is 0 Å². The second-order valence-electron chi connectivity index (χ2n) is 7.27. The summed E-state index contributed by atoms with van der Waals surface area (Å²) in [5.41, 5.74) is 3.80. The Hall–Kier alpha value is -3.18. The molecule has 0 N–H and O–H groups in total. The molecule has 1 aliphatic heterocycles. The number of benzene rings is 2. The van der Waals surface area contributed by atoms with E-state index in [1.54, 1.807) is 25.7 Å². The van der Waals surface area contributed by atoms with Crippen LogP contribution >= 0.6 is 0 Å². The summed E-state index contributed by atoms with van der Waals surface area (Å²) in [6, 6.07) is 13.6. The number of hydrogen-bond donors (Lipinski definition) is 0. The lowest BCUT2D eigenvalue weighted by Gasteiger charge is -2.17. The van der Waals surface area contributed by atoms with E-state index in [4.69, 9.17) is 4.74 Å². The quantitative estimate of drug-likeness (QED) is 0.446. The maximum atomic E-state index is 12.6. The summed E-state index contributed by atoms with van der Waals surface area (Å²) in [6.07, 6.45) is 11.4. The molecule has 0 radical (unpaired) electrons. The third-order valence-corrected chi connectivity index (χ3v) is 5.28. The van der Waals surface area contributed by atoms with Gasteiger partial charge in [-0.15, -0.1) is 0 Å². The number of nitrogens with zero attached hydrogens (tertiary/aromatic N) is 3. The van der Waals surface area contributed by atoms with Crippen LogP contribution in [0.1, 0.15) is 34.3 Å². The van der Waals surface area contributed by atoms with Crippen molar-refractivity contribution in [1.29, 1.82) is 0 Å². The van der Waals surface area contributed by atoms with Gasteiger partial charge in [-0.05, 0) is 74.0 Å². The molecule has 1 saturated heterocycles. The van der Waals surface area contributed by atoms with E-state index in [2.05, 4.69) is 16.0 Å². The number of ether oxygens (including phenoxy) is 1. The van der Waals surface area contributed by atoms with Crippen molar-refractivity contribution in [3.63, 3.8) is 0 Å². The molecule has 1 aromatic heterocycles. The lowest BCUT2D eigenvalue weighted by atomic mass is 10.1. The summed E-state index contributed by atoms with van der Waals surface area (Å²) in [4.78, 5) is 19.0. The van der Waals surface area contributed by atoms with Gasteiger partial charge in [0.25, 0.3) is 0 Å². The number of carbonyl (C=O) groups is 1. The van der Waals surface area contributed by atoms with Gasteiger partial charge in [-0.1, -0.05) is 12.1 Å². The highest BCUT2D eigenvalue weighted by molar-refractivity contribution is 6.06. The summed E-state index contributed by atoms with van der Waals surface area (Å²) in [7, 11) is 1.70. The first kappa shape index (κ1) is 19.2. The van der Waals surface area contributed by atoms with Crippen LogP contribution in [-0.2, 0) is 6.54 Å². The molecule has 0 saturated carbocycles. The summed E-state index contributed by atoms with van der Waals surface area (Å²) in [5, 5.41) is 0. The highest BCUT2D eigenvalue weighted by Gasteiger charge is 2.14. The predicted octanol–water partition coefficient (Wildman–Crippen LogP) is 4.37. The minimum absolute atomic E-state index is 0.0147. The topological polar surface area (TPSA) is 47.4 Å². The van der Waals surface area contributed by atoms with Gasteiger partial charge in [0.15, 0.2) is 5.78 Å². The fraction of sp³-hybridized carbons (Fsp3) is 0.250. The first-order valence-corrected chi connectivity index (χ1v) is 9.93. The molecule has 29 heavy (non-hydrogen) atoms. The molecule has 4 rings (SSSR count). The van der Waals surface area contributed by atoms with E-state index >= 15 is 0 Å². The van der Waals surface area contributed by atoms with Crippen LogP contribution in [0.15, 0.2) is 67.3 Å². The van der Waals surface area contributed by atoms with Crippen LogP contribution in [0.5, 0.6) is 5.75 Å². The molecular weight excluding hydrogens is 362 g/mol. The Kier molecular flexibility index (Phi) is 5.86. The van der Waals surface area contributed by atoms with Crippen LogP contribution in [0.2, 0.25) is 0 Å². The van der Waals surface area contributed by atoms with E-state index < -0.39 is 0 Å². The van der Waals surface area contributed by atoms with E-state index in [-0.39, 0.29) is 5.78 Å². The van der Waals surface area contributed by atoms with Gasteiger partial charge in [-0.3, -0.25) is 9.69 Å². The molecule has 148 valence electrons. The highest BCUT2D eigenvalue weighted by atomic mass is 16.5. The monoisotopic (exact) mass is 387 g/mol. The fourth-order valence-electron chi connectivity index (χ4n) is 3.69. The maximum absolute atomic E-state index is 12.6. The second kappa shape index (κ2) is 8.88. The summed E-state index contributed by atoms with van der Waals surface area (Å²) >= 11 is 0. The molecule has 3 aromatic rings. The van der Waals surface area contributed by atoms with Crippen LogP contribution in [0.25, 0.3) is 11.8 Å². The van der Waals surface area contributed by atoms with Crippen LogP contribution in [0, 0.1) is 0 Å². The molecule has 0 amide bonds.